The van der Waals surface area contributed by atoms with Gasteiger partial charge in [-0.15, -0.1) is 13.2 Å². The summed E-state index contributed by atoms with van der Waals surface area (Å²) in [6.07, 6.45) is -4.72. The number of nitrogen functional groups attached to an aromatic ring is 1. The Bertz CT molecular complexity index is 344. The van der Waals surface area contributed by atoms with E-state index in [1.54, 1.807) is 7.05 Å². The van der Waals surface area contributed by atoms with Crippen LogP contribution < -0.4 is 15.8 Å². The fraction of sp³-hybridized carbons (Fsp3) is 0.250. The molecule has 0 unspecified atom stereocenters. The summed E-state index contributed by atoms with van der Waals surface area (Å²) in [6.45, 7) is 0. The second kappa shape index (κ2) is 4.18. The Morgan fingerprint density at radius 1 is 1.40 bits per heavy atom. The van der Waals surface area contributed by atoms with E-state index in [0.29, 0.717) is 10.2 Å². The molecular weight excluding hydrogens is 277 g/mol. The zero-order valence-electron chi connectivity index (χ0n) is 7.65. The molecule has 0 saturated heterocycles. The van der Waals surface area contributed by atoms with Crippen LogP contribution in [0.25, 0.3) is 0 Å². The highest BCUT2D eigenvalue weighted by molar-refractivity contribution is 9.10. The molecule has 15 heavy (non-hydrogen) atoms. The van der Waals surface area contributed by atoms with Gasteiger partial charge in [0, 0.05) is 17.6 Å². The first-order chi connectivity index (χ1) is 6.83. The Morgan fingerprint density at radius 2 is 2.00 bits per heavy atom. The molecule has 0 aliphatic heterocycles. The third kappa shape index (κ3) is 3.19. The molecule has 0 aliphatic rings. The molecule has 1 aromatic carbocycles. The van der Waals surface area contributed by atoms with Gasteiger partial charge in [0.15, 0.2) is 0 Å². The summed E-state index contributed by atoms with van der Waals surface area (Å²) in [4.78, 5) is 0. The Kier molecular flexibility index (Phi) is 3.33. The topological polar surface area (TPSA) is 47.3 Å². The van der Waals surface area contributed by atoms with Crippen molar-refractivity contribution in [3.05, 3.63) is 16.6 Å². The lowest BCUT2D eigenvalue weighted by Crippen LogP contribution is -2.17. The number of hydrogen-bond acceptors (Lipinski definition) is 3. The highest BCUT2D eigenvalue weighted by atomic mass is 79.9. The minimum atomic E-state index is -4.72. The fourth-order valence-corrected chi connectivity index (χ4v) is 1.71. The van der Waals surface area contributed by atoms with Crippen LogP contribution in [0.2, 0.25) is 0 Å². The summed E-state index contributed by atoms with van der Waals surface area (Å²) >= 11 is 3.08. The number of halogens is 4. The first-order valence-corrected chi connectivity index (χ1v) is 4.65. The van der Waals surface area contributed by atoms with Crippen molar-refractivity contribution in [3.8, 4) is 5.75 Å². The average molecular weight is 285 g/mol. The van der Waals surface area contributed by atoms with E-state index in [2.05, 4.69) is 26.0 Å². The van der Waals surface area contributed by atoms with Crippen molar-refractivity contribution in [2.75, 3.05) is 18.1 Å². The largest absolute Gasteiger partial charge is 0.573 e. The quantitative estimate of drug-likeness (QED) is 0.821. The second-order valence-corrected chi connectivity index (χ2v) is 3.52. The molecule has 3 nitrogen and oxygen atoms in total. The Hall–Kier alpha value is -1.11. The van der Waals surface area contributed by atoms with Gasteiger partial charge in [-0.3, -0.25) is 0 Å². The van der Waals surface area contributed by atoms with Crippen LogP contribution in [-0.4, -0.2) is 13.4 Å². The molecule has 0 fully saturated rings. The molecule has 1 rings (SSSR count). The number of rotatable bonds is 2. The molecule has 0 radical (unpaired) electrons. The molecule has 0 atom stereocenters. The predicted octanol–water partition coefficient (Wildman–Crippen LogP) is 2.97. The standard InChI is InChI=1S/C8H8BrF3N2O/c1-14-7-5(9)2-4(3-6(7)13)15-8(10,11)12/h2-3,14H,13H2,1H3. The number of ether oxygens (including phenoxy) is 1. The molecule has 0 saturated carbocycles. The van der Waals surface area contributed by atoms with E-state index in [9.17, 15) is 13.2 Å². The monoisotopic (exact) mass is 284 g/mol. The normalized spacial score (nSPS) is 11.3. The molecule has 0 aromatic heterocycles. The lowest BCUT2D eigenvalue weighted by atomic mass is 10.2. The van der Waals surface area contributed by atoms with Crippen LogP contribution in [0.3, 0.4) is 0 Å². The van der Waals surface area contributed by atoms with Gasteiger partial charge < -0.3 is 15.8 Å². The summed E-state index contributed by atoms with van der Waals surface area (Å²) in [5, 5.41) is 2.74. The van der Waals surface area contributed by atoms with Crippen molar-refractivity contribution in [3.63, 3.8) is 0 Å². The minimum absolute atomic E-state index is 0.172. The predicted molar refractivity (Wildman–Crippen MR) is 54.8 cm³/mol. The van der Waals surface area contributed by atoms with Crippen molar-refractivity contribution >= 4 is 27.3 Å². The van der Waals surface area contributed by atoms with Gasteiger partial charge in [-0.2, -0.15) is 0 Å². The van der Waals surface area contributed by atoms with E-state index >= 15 is 0 Å². The summed E-state index contributed by atoms with van der Waals surface area (Å²) in [5.41, 5.74) is 6.20. The van der Waals surface area contributed by atoms with Crippen molar-refractivity contribution in [1.82, 2.24) is 0 Å². The number of anilines is 2. The fourth-order valence-electron chi connectivity index (χ4n) is 1.06. The molecular formula is C8H8BrF3N2O. The smallest absolute Gasteiger partial charge is 0.406 e. The number of hydrogen-bond donors (Lipinski definition) is 2. The summed E-state index contributed by atoms with van der Waals surface area (Å²) in [7, 11) is 1.61. The van der Waals surface area contributed by atoms with Crippen molar-refractivity contribution in [1.29, 1.82) is 0 Å². The van der Waals surface area contributed by atoms with Crippen LogP contribution in [0.1, 0.15) is 0 Å². The Morgan fingerprint density at radius 3 is 2.40 bits per heavy atom. The molecule has 3 N–H and O–H groups in total. The van der Waals surface area contributed by atoms with E-state index in [4.69, 9.17) is 5.73 Å². The summed E-state index contributed by atoms with van der Waals surface area (Å²) in [5.74, 6) is -0.356. The maximum atomic E-state index is 11.9. The maximum absolute atomic E-state index is 11.9. The highest BCUT2D eigenvalue weighted by Crippen LogP contribution is 2.35. The lowest BCUT2D eigenvalue weighted by molar-refractivity contribution is -0.274. The van der Waals surface area contributed by atoms with Crippen molar-refractivity contribution in [2.24, 2.45) is 0 Å². The van der Waals surface area contributed by atoms with Gasteiger partial charge in [-0.25, -0.2) is 0 Å². The maximum Gasteiger partial charge on any atom is 0.573 e. The van der Waals surface area contributed by atoms with E-state index in [1.165, 1.54) is 6.07 Å². The molecule has 84 valence electrons. The van der Waals surface area contributed by atoms with Crippen molar-refractivity contribution < 1.29 is 17.9 Å². The van der Waals surface area contributed by atoms with Crippen LogP contribution in [-0.2, 0) is 0 Å². The minimum Gasteiger partial charge on any atom is -0.406 e. The van der Waals surface area contributed by atoms with E-state index in [-0.39, 0.29) is 11.4 Å². The number of nitrogens with one attached hydrogen (secondary N) is 1. The SMILES string of the molecule is CNc1c(N)cc(OC(F)(F)F)cc1Br. The first kappa shape index (κ1) is 12.0. The van der Waals surface area contributed by atoms with E-state index in [0.717, 1.165) is 6.07 Å². The van der Waals surface area contributed by atoms with Gasteiger partial charge in [-0.1, -0.05) is 0 Å². The van der Waals surface area contributed by atoms with Crippen LogP contribution in [0.4, 0.5) is 24.5 Å². The third-order valence-electron chi connectivity index (χ3n) is 1.58. The van der Waals surface area contributed by atoms with E-state index < -0.39 is 6.36 Å². The van der Waals surface area contributed by atoms with Gasteiger partial charge in [-0.05, 0) is 22.0 Å². The summed E-state index contributed by atoms with van der Waals surface area (Å²) in [6, 6.07) is 2.29. The zero-order valence-corrected chi connectivity index (χ0v) is 9.24. The molecule has 7 heteroatoms. The third-order valence-corrected chi connectivity index (χ3v) is 2.20. The molecule has 0 bridgehead atoms. The van der Waals surface area contributed by atoms with Crippen LogP contribution in [0.5, 0.6) is 5.75 Å². The second-order valence-electron chi connectivity index (χ2n) is 2.67. The van der Waals surface area contributed by atoms with Crippen LogP contribution in [0.15, 0.2) is 16.6 Å². The number of nitrogens with two attached hydrogens (primary N) is 1. The van der Waals surface area contributed by atoms with Crippen molar-refractivity contribution in [2.45, 2.75) is 6.36 Å². The molecule has 0 amide bonds. The average Bonchev–Trinajstić information content (AvgIpc) is 1.99. The zero-order chi connectivity index (χ0) is 11.6. The van der Waals surface area contributed by atoms with Gasteiger partial charge in [0.1, 0.15) is 5.75 Å². The molecule has 1 aromatic rings. The summed E-state index contributed by atoms with van der Waals surface area (Å²) < 4.78 is 39.8. The number of alkyl halides is 3. The number of benzene rings is 1. The molecule has 0 spiro atoms. The molecule has 0 heterocycles. The van der Waals surface area contributed by atoms with Crippen LogP contribution in [0, 0.1) is 0 Å². The Labute approximate surface area is 92.5 Å². The Balaban J connectivity index is 3.04. The van der Waals surface area contributed by atoms with Gasteiger partial charge in [0.2, 0.25) is 0 Å². The van der Waals surface area contributed by atoms with Gasteiger partial charge in [0.25, 0.3) is 0 Å². The highest BCUT2D eigenvalue weighted by Gasteiger charge is 2.31. The van der Waals surface area contributed by atoms with Gasteiger partial charge in [0.05, 0.1) is 11.4 Å². The first-order valence-electron chi connectivity index (χ1n) is 3.86. The van der Waals surface area contributed by atoms with E-state index in [1.807, 2.05) is 0 Å². The van der Waals surface area contributed by atoms with Crippen LogP contribution >= 0.6 is 15.9 Å². The molecule has 0 aliphatic carbocycles. The lowest BCUT2D eigenvalue weighted by Gasteiger charge is -2.12. The van der Waals surface area contributed by atoms with Gasteiger partial charge >= 0.3 is 6.36 Å².